The second-order valence-electron chi connectivity index (χ2n) is 4.73. The Labute approximate surface area is 121 Å². The molecule has 112 valence electrons. The third-order valence-corrected chi connectivity index (χ3v) is 2.72. The van der Waals surface area contributed by atoms with Crippen molar-refractivity contribution < 1.29 is 14.3 Å². The van der Waals surface area contributed by atoms with Crippen LogP contribution < -0.4 is 9.47 Å². The van der Waals surface area contributed by atoms with Crippen LogP contribution in [0.2, 0.25) is 0 Å². The molecule has 20 heavy (non-hydrogen) atoms. The van der Waals surface area contributed by atoms with Gasteiger partial charge in [-0.05, 0) is 51.0 Å². The molecule has 0 saturated carbocycles. The van der Waals surface area contributed by atoms with Gasteiger partial charge in [-0.15, -0.1) is 0 Å². The van der Waals surface area contributed by atoms with E-state index >= 15 is 0 Å². The lowest BCUT2D eigenvalue weighted by atomic mass is 10.3. The molecule has 2 atom stereocenters. The quantitative estimate of drug-likeness (QED) is 0.506. The Morgan fingerprint density at radius 2 is 1.70 bits per heavy atom. The molecule has 4 nitrogen and oxygen atoms in total. The van der Waals surface area contributed by atoms with Gasteiger partial charge in [0, 0.05) is 6.21 Å². The summed E-state index contributed by atoms with van der Waals surface area (Å²) in [7, 11) is 0. The van der Waals surface area contributed by atoms with Gasteiger partial charge in [0.1, 0.15) is 18.1 Å². The van der Waals surface area contributed by atoms with Crippen LogP contribution >= 0.6 is 0 Å². The van der Waals surface area contributed by atoms with E-state index in [1.54, 1.807) is 6.21 Å². The maximum absolute atomic E-state index is 5.71. The Bertz CT molecular complexity index is 389. The summed E-state index contributed by atoms with van der Waals surface area (Å²) in [6.07, 6.45) is 3.74. The first-order valence-corrected chi connectivity index (χ1v) is 7.22. The summed E-state index contributed by atoms with van der Waals surface area (Å²) in [5.74, 6) is 1.67. The molecular formula is C16H25NO3. The zero-order valence-corrected chi connectivity index (χ0v) is 12.8. The van der Waals surface area contributed by atoms with Crippen LogP contribution in [-0.2, 0) is 4.84 Å². The molecule has 0 aliphatic rings. The third-order valence-electron chi connectivity index (χ3n) is 2.72. The second kappa shape index (κ2) is 9.23. The highest BCUT2D eigenvalue weighted by Crippen LogP contribution is 2.19. The first-order chi connectivity index (χ1) is 9.65. The molecule has 4 heteroatoms. The highest BCUT2D eigenvalue weighted by Gasteiger charge is 2.04. The summed E-state index contributed by atoms with van der Waals surface area (Å²) in [5, 5.41) is 3.83. The van der Waals surface area contributed by atoms with Crippen LogP contribution in [0.15, 0.2) is 29.4 Å². The summed E-state index contributed by atoms with van der Waals surface area (Å²) in [6, 6.07) is 7.64. The van der Waals surface area contributed by atoms with Crippen molar-refractivity contribution in [3.8, 4) is 11.5 Å². The van der Waals surface area contributed by atoms with E-state index in [-0.39, 0.29) is 12.2 Å². The monoisotopic (exact) mass is 279 g/mol. The maximum Gasteiger partial charge on any atom is 0.158 e. The molecular weight excluding hydrogens is 254 g/mol. The number of ether oxygens (including phenoxy) is 2. The predicted octanol–water partition coefficient (Wildman–Crippen LogP) is 4.04. The summed E-state index contributed by atoms with van der Waals surface area (Å²) in [5.41, 5.74) is 0. The lowest BCUT2D eigenvalue weighted by molar-refractivity contribution is 0.0372. The number of benzene rings is 1. The zero-order chi connectivity index (χ0) is 14.8. The molecule has 0 radical (unpaired) electrons. The van der Waals surface area contributed by atoms with E-state index < -0.39 is 0 Å². The number of hydrogen-bond donors (Lipinski definition) is 0. The first-order valence-electron chi connectivity index (χ1n) is 7.22. The molecule has 0 aliphatic heterocycles. The van der Waals surface area contributed by atoms with Crippen molar-refractivity contribution in [3.05, 3.63) is 24.3 Å². The Morgan fingerprint density at radius 1 is 1.05 bits per heavy atom. The second-order valence-corrected chi connectivity index (χ2v) is 4.73. The van der Waals surface area contributed by atoms with Crippen LogP contribution in [0.25, 0.3) is 0 Å². The van der Waals surface area contributed by atoms with Crippen molar-refractivity contribution in [1.82, 2.24) is 0 Å². The molecule has 0 saturated heterocycles. The van der Waals surface area contributed by atoms with Crippen LogP contribution in [0, 0.1) is 0 Å². The summed E-state index contributed by atoms with van der Waals surface area (Å²) < 4.78 is 11.3. The van der Waals surface area contributed by atoms with Crippen molar-refractivity contribution in [2.24, 2.45) is 5.16 Å². The van der Waals surface area contributed by atoms with E-state index in [1.807, 2.05) is 38.1 Å². The molecule has 0 spiro atoms. The maximum atomic E-state index is 5.71. The van der Waals surface area contributed by atoms with E-state index in [0.29, 0.717) is 6.61 Å². The van der Waals surface area contributed by atoms with Gasteiger partial charge in [-0.1, -0.05) is 19.0 Å². The van der Waals surface area contributed by atoms with E-state index in [1.165, 1.54) is 0 Å². The van der Waals surface area contributed by atoms with Crippen molar-refractivity contribution in [1.29, 1.82) is 0 Å². The molecule has 0 heterocycles. The standard InChI is InChI=1S/C16H25NO3/c1-5-11-17-20-14(4)12-18-15-7-9-16(10-8-15)19-13(3)6-2/h7-11,13-14H,5-6,12H2,1-4H3/b17-11+. The molecule has 0 bridgehead atoms. The average Bonchev–Trinajstić information content (AvgIpc) is 2.46. The number of oxime groups is 1. The minimum atomic E-state index is -0.0751. The van der Waals surface area contributed by atoms with Crippen LogP contribution in [0.3, 0.4) is 0 Å². The number of nitrogens with zero attached hydrogens (tertiary/aromatic N) is 1. The Hall–Kier alpha value is -1.71. The Morgan fingerprint density at radius 3 is 2.30 bits per heavy atom. The topological polar surface area (TPSA) is 40.0 Å². The SMILES string of the molecule is CC/C=N/OC(C)COc1ccc(OC(C)CC)cc1. The van der Waals surface area contributed by atoms with E-state index in [4.69, 9.17) is 14.3 Å². The minimum Gasteiger partial charge on any atom is -0.491 e. The fraction of sp³-hybridized carbons (Fsp3) is 0.562. The Balaban J connectivity index is 2.36. The molecule has 0 amide bonds. The van der Waals surface area contributed by atoms with Crippen molar-refractivity contribution in [2.45, 2.75) is 52.7 Å². The van der Waals surface area contributed by atoms with Gasteiger partial charge in [-0.3, -0.25) is 0 Å². The molecule has 1 aromatic carbocycles. The molecule has 0 fully saturated rings. The smallest absolute Gasteiger partial charge is 0.158 e. The van der Waals surface area contributed by atoms with Gasteiger partial charge >= 0.3 is 0 Å². The summed E-state index contributed by atoms with van der Waals surface area (Å²) >= 11 is 0. The van der Waals surface area contributed by atoms with Crippen molar-refractivity contribution >= 4 is 6.21 Å². The van der Waals surface area contributed by atoms with Gasteiger partial charge in [0.2, 0.25) is 0 Å². The van der Waals surface area contributed by atoms with E-state index in [0.717, 1.165) is 24.3 Å². The number of hydrogen-bond acceptors (Lipinski definition) is 4. The van der Waals surface area contributed by atoms with Crippen LogP contribution in [0.1, 0.15) is 40.5 Å². The van der Waals surface area contributed by atoms with Crippen molar-refractivity contribution in [2.75, 3.05) is 6.61 Å². The molecule has 2 unspecified atom stereocenters. The molecule has 0 N–H and O–H groups in total. The fourth-order valence-corrected chi connectivity index (χ4v) is 1.40. The van der Waals surface area contributed by atoms with Crippen LogP contribution in [-0.4, -0.2) is 25.0 Å². The molecule has 0 aliphatic carbocycles. The highest BCUT2D eigenvalue weighted by atomic mass is 16.6. The summed E-state index contributed by atoms with van der Waals surface area (Å²) in [4.78, 5) is 5.21. The largest absolute Gasteiger partial charge is 0.491 e. The highest BCUT2D eigenvalue weighted by molar-refractivity contribution is 5.55. The summed E-state index contributed by atoms with van der Waals surface area (Å²) in [6.45, 7) is 8.56. The van der Waals surface area contributed by atoms with Gasteiger partial charge < -0.3 is 14.3 Å². The lowest BCUT2D eigenvalue weighted by Gasteiger charge is -2.14. The van der Waals surface area contributed by atoms with Gasteiger partial charge in [0.25, 0.3) is 0 Å². The molecule has 1 rings (SSSR count). The first kappa shape index (κ1) is 16.3. The predicted molar refractivity (Wildman–Crippen MR) is 81.6 cm³/mol. The normalized spacial score (nSPS) is 14.0. The minimum absolute atomic E-state index is 0.0751. The fourth-order valence-electron chi connectivity index (χ4n) is 1.40. The third kappa shape index (κ3) is 6.45. The van der Waals surface area contributed by atoms with Gasteiger partial charge in [0.05, 0.1) is 6.10 Å². The lowest BCUT2D eigenvalue weighted by Crippen LogP contribution is -2.15. The van der Waals surface area contributed by atoms with E-state index in [2.05, 4.69) is 19.0 Å². The Kier molecular flexibility index (Phi) is 7.55. The molecule has 1 aromatic rings. The molecule has 0 aromatic heterocycles. The van der Waals surface area contributed by atoms with Crippen LogP contribution in [0.4, 0.5) is 0 Å². The van der Waals surface area contributed by atoms with Crippen LogP contribution in [0.5, 0.6) is 11.5 Å². The number of rotatable bonds is 9. The van der Waals surface area contributed by atoms with Gasteiger partial charge in [0.15, 0.2) is 6.10 Å². The van der Waals surface area contributed by atoms with Gasteiger partial charge in [-0.25, -0.2) is 0 Å². The van der Waals surface area contributed by atoms with Gasteiger partial charge in [-0.2, -0.15) is 0 Å². The van der Waals surface area contributed by atoms with E-state index in [9.17, 15) is 0 Å². The van der Waals surface area contributed by atoms with Crippen molar-refractivity contribution in [3.63, 3.8) is 0 Å². The zero-order valence-electron chi connectivity index (χ0n) is 12.8. The average molecular weight is 279 g/mol.